The third kappa shape index (κ3) is 6.19. The Morgan fingerprint density at radius 1 is 1.36 bits per heavy atom. The molecule has 1 amide bonds. The second-order valence-electron chi connectivity index (χ2n) is 5.37. The van der Waals surface area contributed by atoms with Gasteiger partial charge in [-0.15, -0.1) is 0 Å². The summed E-state index contributed by atoms with van der Waals surface area (Å²) in [4.78, 5) is 11.6. The summed E-state index contributed by atoms with van der Waals surface area (Å²) in [6.07, 6.45) is -1.11. The summed E-state index contributed by atoms with van der Waals surface area (Å²) in [5.41, 5.74) is 4.49. The van der Waals surface area contributed by atoms with Gasteiger partial charge in [0.25, 0.3) is 0 Å². The molecule has 5 nitrogen and oxygen atoms in total. The molecule has 0 aromatic heterocycles. The number of rotatable bonds is 7. The smallest absolute Gasteiger partial charge is 0.407 e. The van der Waals surface area contributed by atoms with Crippen LogP contribution in [0.25, 0.3) is 0 Å². The fourth-order valence-corrected chi connectivity index (χ4v) is 2.56. The van der Waals surface area contributed by atoms with Gasteiger partial charge in [0.2, 0.25) is 0 Å². The van der Waals surface area contributed by atoms with Gasteiger partial charge < -0.3 is 10.1 Å². The fourth-order valence-electron chi connectivity index (χ4n) is 1.85. The van der Waals surface area contributed by atoms with Gasteiger partial charge in [-0.05, 0) is 29.7 Å². The predicted octanol–water partition coefficient (Wildman–Crippen LogP) is 3.43. The number of carbonyl (C=O) groups excluding carboxylic acids is 1. The van der Waals surface area contributed by atoms with Crippen molar-refractivity contribution in [2.45, 2.75) is 50.7 Å². The molecular formula is C15H23BN2O3S. The number of thioether (sulfide) groups is 1. The van der Waals surface area contributed by atoms with Crippen molar-refractivity contribution in [2.24, 2.45) is 0 Å². The molecule has 0 saturated carbocycles. The molecule has 1 aromatic rings. The molecule has 3 N–H and O–H groups in total. The number of alkyl carbamates (subject to hydrolysis) is 1. The van der Waals surface area contributed by atoms with E-state index in [1.54, 1.807) is 13.8 Å². The SMILES string of the molecule is [B]C(C)NC(=O)OC(C)c1ccc(CSC(C)C)cc1NO. The maximum absolute atomic E-state index is 11.6. The van der Waals surface area contributed by atoms with E-state index in [1.807, 2.05) is 30.0 Å². The maximum Gasteiger partial charge on any atom is 0.407 e. The molecule has 0 spiro atoms. The molecule has 0 aliphatic rings. The summed E-state index contributed by atoms with van der Waals surface area (Å²) < 4.78 is 5.24. The molecule has 0 aliphatic carbocycles. The Kier molecular flexibility index (Phi) is 7.61. The van der Waals surface area contributed by atoms with E-state index in [0.717, 1.165) is 11.3 Å². The average Bonchev–Trinajstić information content (AvgIpc) is 2.43. The van der Waals surface area contributed by atoms with E-state index in [4.69, 9.17) is 12.6 Å². The lowest BCUT2D eigenvalue weighted by molar-refractivity contribution is 0.106. The molecule has 0 saturated heterocycles. The number of nitrogens with one attached hydrogen (secondary N) is 2. The van der Waals surface area contributed by atoms with Crippen LogP contribution in [0.4, 0.5) is 10.5 Å². The van der Waals surface area contributed by atoms with Crippen molar-refractivity contribution < 1.29 is 14.7 Å². The van der Waals surface area contributed by atoms with Gasteiger partial charge in [-0.2, -0.15) is 11.8 Å². The summed E-state index contributed by atoms with van der Waals surface area (Å²) in [5, 5.41) is 12.3. The molecule has 22 heavy (non-hydrogen) atoms. The van der Waals surface area contributed by atoms with Crippen LogP contribution < -0.4 is 10.8 Å². The van der Waals surface area contributed by atoms with Gasteiger partial charge in [0, 0.05) is 11.3 Å². The molecular weight excluding hydrogens is 299 g/mol. The lowest BCUT2D eigenvalue weighted by atomic mass is 10.00. The molecule has 1 aromatic carbocycles. The van der Waals surface area contributed by atoms with Gasteiger partial charge in [-0.25, -0.2) is 4.79 Å². The summed E-state index contributed by atoms with van der Waals surface area (Å²) in [5.74, 6) is 0.373. The van der Waals surface area contributed by atoms with Crippen LogP contribution in [0.2, 0.25) is 0 Å². The summed E-state index contributed by atoms with van der Waals surface area (Å²) in [6, 6.07) is 5.67. The predicted molar refractivity (Wildman–Crippen MR) is 91.5 cm³/mol. The van der Waals surface area contributed by atoms with E-state index in [1.165, 1.54) is 0 Å². The highest BCUT2D eigenvalue weighted by Crippen LogP contribution is 2.28. The van der Waals surface area contributed by atoms with Crippen LogP contribution >= 0.6 is 11.8 Å². The van der Waals surface area contributed by atoms with Crippen molar-refractivity contribution in [3.8, 4) is 0 Å². The van der Waals surface area contributed by atoms with Crippen molar-refractivity contribution in [1.82, 2.24) is 5.32 Å². The Balaban J connectivity index is 2.78. The van der Waals surface area contributed by atoms with Crippen LogP contribution in [-0.4, -0.2) is 30.3 Å². The Morgan fingerprint density at radius 2 is 2.05 bits per heavy atom. The first-order chi connectivity index (χ1) is 10.3. The van der Waals surface area contributed by atoms with Gasteiger partial charge in [-0.3, -0.25) is 10.7 Å². The fraction of sp³-hybridized carbons (Fsp3) is 0.533. The number of anilines is 1. The minimum absolute atomic E-state index is 0.481. The molecule has 0 bridgehead atoms. The monoisotopic (exact) mass is 322 g/mol. The molecule has 2 radical (unpaired) electrons. The Morgan fingerprint density at radius 3 is 2.59 bits per heavy atom. The number of hydrogen-bond acceptors (Lipinski definition) is 5. The van der Waals surface area contributed by atoms with Gasteiger partial charge in [-0.1, -0.05) is 32.9 Å². The molecule has 0 fully saturated rings. The van der Waals surface area contributed by atoms with E-state index in [0.29, 0.717) is 16.5 Å². The number of hydrogen-bond donors (Lipinski definition) is 3. The van der Waals surface area contributed by atoms with Gasteiger partial charge in [0.1, 0.15) is 6.10 Å². The highest BCUT2D eigenvalue weighted by molar-refractivity contribution is 7.99. The lowest BCUT2D eigenvalue weighted by Gasteiger charge is -2.19. The third-order valence-corrected chi connectivity index (χ3v) is 4.06. The van der Waals surface area contributed by atoms with Crippen molar-refractivity contribution in [3.05, 3.63) is 29.3 Å². The van der Waals surface area contributed by atoms with Crippen molar-refractivity contribution in [3.63, 3.8) is 0 Å². The van der Waals surface area contributed by atoms with Crippen LogP contribution in [0.15, 0.2) is 18.2 Å². The Hall–Kier alpha value is -1.34. The van der Waals surface area contributed by atoms with E-state index >= 15 is 0 Å². The molecule has 0 aliphatic heterocycles. The largest absolute Gasteiger partial charge is 0.442 e. The van der Waals surface area contributed by atoms with Crippen LogP contribution in [0, 0.1) is 0 Å². The average molecular weight is 322 g/mol. The summed E-state index contributed by atoms with van der Waals surface area (Å²) >= 11 is 1.82. The van der Waals surface area contributed by atoms with Crippen LogP contribution in [-0.2, 0) is 10.5 Å². The topological polar surface area (TPSA) is 70.6 Å². The van der Waals surface area contributed by atoms with Crippen LogP contribution in [0.3, 0.4) is 0 Å². The molecule has 0 heterocycles. The minimum Gasteiger partial charge on any atom is -0.442 e. The van der Waals surface area contributed by atoms with Crippen LogP contribution in [0.1, 0.15) is 44.9 Å². The standard InChI is InChI=1S/C15H23BN2O3S/c1-9(2)22-8-12-5-6-13(14(7-12)18-20)10(3)21-15(19)17-11(4)16/h5-7,9-11,18,20H,8H2,1-4H3,(H,17,19). The van der Waals surface area contributed by atoms with Crippen molar-refractivity contribution in [1.29, 1.82) is 0 Å². The number of benzene rings is 1. The van der Waals surface area contributed by atoms with Crippen molar-refractivity contribution >= 4 is 31.4 Å². The molecule has 2 unspecified atom stereocenters. The molecule has 2 atom stereocenters. The highest BCUT2D eigenvalue weighted by Gasteiger charge is 2.16. The summed E-state index contributed by atoms with van der Waals surface area (Å²) in [6.45, 7) is 7.65. The zero-order valence-electron chi connectivity index (χ0n) is 13.4. The highest BCUT2D eigenvalue weighted by atomic mass is 32.2. The zero-order chi connectivity index (χ0) is 16.7. The van der Waals surface area contributed by atoms with E-state index in [-0.39, 0.29) is 0 Å². The van der Waals surface area contributed by atoms with E-state index in [2.05, 4.69) is 24.6 Å². The van der Waals surface area contributed by atoms with Crippen molar-refractivity contribution in [2.75, 3.05) is 5.48 Å². The van der Waals surface area contributed by atoms with E-state index in [9.17, 15) is 10.0 Å². The Labute approximate surface area is 137 Å². The molecule has 7 heteroatoms. The first-order valence-electron chi connectivity index (χ1n) is 7.20. The zero-order valence-corrected chi connectivity index (χ0v) is 14.2. The molecule has 1 rings (SSSR count). The number of carbonyl (C=O) groups is 1. The van der Waals surface area contributed by atoms with E-state index < -0.39 is 18.1 Å². The molecule has 120 valence electrons. The maximum atomic E-state index is 11.6. The number of amides is 1. The summed E-state index contributed by atoms with van der Waals surface area (Å²) in [7, 11) is 5.47. The third-order valence-electron chi connectivity index (χ3n) is 2.89. The number of ether oxygens (including phenoxy) is 1. The lowest BCUT2D eigenvalue weighted by Crippen LogP contribution is -2.33. The quantitative estimate of drug-likeness (QED) is 0.530. The van der Waals surface area contributed by atoms with Gasteiger partial charge in [0.15, 0.2) is 0 Å². The first-order valence-corrected chi connectivity index (χ1v) is 8.25. The Bertz CT molecular complexity index is 498. The van der Waals surface area contributed by atoms with Gasteiger partial charge >= 0.3 is 6.09 Å². The van der Waals surface area contributed by atoms with Gasteiger partial charge in [0.05, 0.1) is 13.5 Å². The van der Waals surface area contributed by atoms with Crippen LogP contribution in [0.5, 0.6) is 0 Å². The second-order valence-corrected chi connectivity index (χ2v) is 6.94. The minimum atomic E-state index is -0.592. The second kappa shape index (κ2) is 8.95. The normalized spacial score (nSPS) is 13.5. The first kappa shape index (κ1) is 18.7.